The van der Waals surface area contributed by atoms with Gasteiger partial charge in [-0.15, -0.1) is 0 Å². The maximum absolute atomic E-state index is 6.29. The quantitative estimate of drug-likeness (QED) is 0.781. The average Bonchev–Trinajstić information content (AvgIpc) is 2.45. The second kappa shape index (κ2) is 5.05. The van der Waals surface area contributed by atoms with Crippen LogP contribution in [0.2, 0.25) is 0 Å². The molecule has 1 saturated heterocycles. The van der Waals surface area contributed by atoms with Crippen LogP contribution in [0, 0.1) is 5.41 Å². The normalized spacial score (nSPS) is 42.2. The third-order valence-corrected chi connectivity index (χ3v) is 4.91. The molecule has 1 heterocycles. The standard InChI is InChI=1S/C14H28N2/c1-12-7-4-3-5-10-16(12)11-14(2)9-6-8-13(14)15/h12-13H,3-11,15H2,1-2H3. The van der Waals surface area contributed by atoms with E-state index in [9.17, 15) is 0 Å². The van der Waals surface area contributed by atoms with E-state index in [0.29, 0.717) is 11.5 Å². The number of hydrogen-bond donors (Lipinski definition) is 1. The molecule has 2 fully saturated rings. The molecule has 2 N–H and O–H groups in total. The van der Waals surface area contributed by atoms with Gasteiger partial charge in [0, 0.05) is 18.6 Å². The van der Waals surface area contributed by atoms with Crippen LogP contribution in [0.5, 0.6) is 0 Å². The molecule has 0 aromatic heterocycles. The third-order valence-electron chi connectivity index (χ3n) is 4.91. The van der Waals surface area contributed by atoms with Gasteiger partial charge in [-0.25, -0.2) is 0 Å². The Labute approximate surface area is 101 Å². The number of nitrogens with zero attached hydrogens (tertiary/aromatic N) is 1. The fraction of sp³-hybridized carbons (Fsp3) is 1.00. The lowest BCUT2D eigenvalue weighted by Gasteiger charge is -2.38. The molecular weight excluding hydrogens is 196 g/mol. The molecular formula is C14H28N2. The SMILES string of the molecule is CC1CCCCCN1CC1(C)CCCC1N. The summed E-state index contributed by atoms with van der Waals surface area (Å²) in [5.41, 5.74) is 6.68. The molecule has 0 spiro atoms. The fourth-order valence-corrected chi connectivity index (χ4v) is 3.49. The van der Waals surface area contributed by atoms with Crippen molar-refractivity contribution < 1.29 is 0 Å². The first kappa shape index (κ1) is 12.4. The van der Waals surface area contributed by atoms with Gasteiger partial charge in [0.1, 0.15) is 0 Å². The van der Waals surface area contributed by atoms with Gasteiger partial charge in [-0.2, -0.15) is 0 Å². The lowest BCUT2D eigenvalue weighted by molar-refractivity contribution is 0.120. The van der Waals surface area contributed by atoms with Crippen LogP contribution in [0.4, 0.5) is 0 Å². The minimum Gasteiger partial charge on any atom is -0.327 e. The number of rotatable bonds is 2. The predicted molar refractivity (Wildman–Crippen MR) is 69.4 cm³/mol. The average molecular weight is 224 g/mol. The molecule has 0 amide bonds. The summed E-state index contributed by atoms with van der Waals surface area (Å²) in [6.45, 7) is 7.33. The van der Waals surface area contributed by atoms with E-state index >= 15 is 0 Å². The highest BCUT2D eigenvalue weighted by Crippen LogP contribution is 2.38. The van der Waals surface area contributed by atoms with Crippen LogP contribution in [-0.4, -0.2) is 30.1 Å². The van der Waals surface area contributed by atoms with E-state index in [2.05, 4.69) is 18.7 Å². The van der Waals surface area contributed by atoms with Gasteiger partial charge in [-0.05, 0) is 44.6 Å². The molecule has 2 aliphatic rings. The van der Waals surface area contributed by atoms with Crippen molar-refractivity contribution in [3.63, 3.8) is 0 Å². The van der Waals surface area contributed by atoms with Gasteiger partial charge in [-0.1, -0.05) is 26.2 Å². The Morgan fingerprint density at radius 1 is 1.19 bits per heavy atom. The van der Waals surface area contributed by atoms with Crippen molar-refractivity contribution in [1.29, 1.82) is 0 Å². The molecule has 3 unspecified atom stereocenters. The molecule has 3 atom stereocenters. The van der Waals surface area contributed by atoms with Crippen molar-refractivity contribution in [2.75, 3.05) is 13.1 Å². The highest BCUT2D eigenvalue weighted by Gasteiger charge is 2.38. The highest BCUT2D eigenvalue weighted by molar-refractivity contribution is 4.94. The Morgan fingerprint density at radius 2 is 2.00 bits per heavy atom. The number of likely N-dealkylation sites (tertiary alicyclic amines) is 1. The molecule has 2 rings (SSSR count). The second-order valence-corrected chi connectivity index (χ2v) is 6.32. The molecule has 16 heavy (non-hydrogen) atoms. The third kappa shape index (κ3) is 2.60. The molecule has 0 radical (unpaired) electrons. The maximum atomic E-state index is 6.29. The van der Waals surface area contributed by atoms with Gasteiger partial charge in [0.05, 0.1) is 0 Å². The van der Waals surface area contributed by atoms with Crippen LogP contribution in [0.15, 0.2) is 0 Å². The summed E-state index contributed by atoms with van der Waals surface area (Å²) >= 11 is 0. The summed E-state index contributed by atoms with van der Waals surface area (Å²) < 4.78 is 0. The van der Waals surface area contributed by atoms with Crippen molar-refractivity contribution in [1.82, 2.24) is 4.90 Å². The molecule has 2 nitrogen and oxygen atoms in total. The fourth-order valence-electron chi connectivity index (χ4n) is 3.49. The topological polar surface area (TPSA) is 29.3 Å². The minimum atomic E-state index is 0.387. The summed E-state index contributed by atoms with van der Waals surface area (Å²) in [6, 6.07) is 1.20. The summed E-state index contributed by atoms with van der Waals surface area (Å²) in [7, 11) is 0. The Bertz CT molecular complexity index is 229. The largest absolute Gasteiger partial charge is 0.327 e. The zero-order chi connectivity index (χ0) is 11.6. The zero-order valence-corrected chi connectivity index (χ0v) is 11.0. The minimum absolute atomic E-state index is 0.387. The van der Waals surface area contributed by atoms with Crippen molar-refractivity contribution in [3.8, 4) is 0 Å². The van der Waals surface area contributed by atoms with E-state index in [4.69, 9.17) is 5.73 Å². The molecule has 1 aliphatic carbocycles. The van der Waals surface area contributed by atoms with Crippen LogP contribution in [0.1, 0.15) is 58.8 Å². The van der Waals surface area contributed by atoms with Gasteiger partial charge < -0.3 is 10.6 Å². The van der Waals surface area contributed by atoms with Gasteiger partial charge in [0.25, 0.3) is 0 Å². The van der Waals surface area contributed by atoms with Crippen LogP contribution in [-0.2, 0) is 0 Å². The van der Waals surface area contributed by atoms with Crippen molar-refractivity contribution in [3.05, 3.63) is 0 Å². The van der Waals surface area contributed by atoms with Gasteiger partial charge in [0.2, 0.25) is 0 Å². The Morgan fingerprint density at radius 3 is 2.69 bits per heavy atom. The van der Waals surface area contributed by atoms with Crippen molar-refractivity contribution in [2.24, 2.45) is 11.1 Å². The second-order valence-electron chi connectivity index (χ2n) is 6.32. The van der Waals surface area contributed by atoms with E-state index in [1.807, 2.05) is 0 Å². The number of hydrogen-bond acceptors (Lipinski definition) is 2. The monoisotopic (exact) mass is 224 g/mol. The van der Waals surface area contributed by atoms with Crippen molar-refractivity contribution in [2.45, 2.75) is 70.9 Å². The van der Waals surface area contributed by atoms with E-state index in [1.165, 1.54) is 58.0 Å². The van der Waals surface area contributed by atoms with Crippen LogP contribution in [0.3, 0.4) is 0 Å². The van der Waals surface area contributed by atoms with E-state index in [1.54, 1.807) is 0 Å². The first-order valence-electron chi connectivity index (χ1n) is 7.11. The van der Waals surface area contributed by atoms with Gasteiger partial charge in [-0.3, -0.25) is 0 Å². The van der Waals surface area contributed by atoms with E-state index < -0.39 is 0 Å². The molecule has 1 aliphatic heterocycles. The van der Waals surface area contributed by atoms with E-state index in [0.717, 1.165) is 6.04 Å². The first-order valence-corrected chi connectivity index (χ1v) is 7.11. The molecule has 0 aromatic carbocycles. The highest BCUT2D eigenvalue weighted by atomic mass is 15.2. The summed E-state index contributed by atoms with van der Waals surface area (Å²) in [5.74, 6) is 0. The number of nitrogens with two attached hydrogens (primary N) is 1. The molecule has 0 aromatic rings. The summed E-state index contributed by atoms with van der Waals surface area (Å²) in [4.78, 5) is 2.71. The lowest BCUT2D eigenvalue weighted by Crippen LogP contribution is -2.47. The zero-order valence-electron chi connectivity index (χ0n) is 11.0. The Hall–Kier alpha value is -0.0800. The molecule has 0 bridgehead atoms. The lowest BCUT2D eigenvalue weighted by atomic mass is 9.84. The van der Waals surface area contributed by atoms with Crippen molar-refractivity contribution >= 4 is 0 Å². The van der Waals surface area contributed by atoms with Gasteiger partial charge >= 0.3 is 0 Å². The smallest absolute Gasteiger partial charge is 0.0105 e. The van der Waals surface area contributed by atoms with Crippen LogP contribution in [0.25, 0.3) is 0 Å². The summed E-state index contributed by atoms with van der Waals surface area (Å²) in [5, 5.41) is 0. The Balaban J connectivity index is 1.96. The summed E-state index contributed by atoms with van der Waals surface area (Å²) in [6.07, 6.45) is 9.50. The van der Waals surface area contributed by atoms with E-state index in [-0.39, 0.29) is 0 Å². The van der Waals surface area contributed by atoms with Crippen LogP contribution < -0.4 is 5.73 Å². The molecule has 94 valence electrons. The molecule has 2 heteroatoms. The maximum Gasteiger partial charge on any atom is 0.0105 e. The van der Waals surface area contributed by atoms with Crippen LogP contribution >= 0.6 is 0 Å². The first-order chi connectivity index (χ1) is 7.62. The predicted octanol–water partition coefficient (Wildman–Crippen LogP) is 2.77. The Kier molecular flexibility index (Phi) is 3.91. The van der Waals surface area contributed by atoms with Gasteiger partial charge in [0.15, 0.2) is 0 Å². The molecule has 1 saturated carbocycles.